The van der Waals surface area contributed by atoms with Gasteiger partial charge in [-0.2, -0.15) is 0 Å². The van der Waals surface area contributed by atoms with E-state index < -0.39 is 9.85 Å². The lowest BCUT2D eigenvalue weighted by molar-refractivity contribution is -0.385. The number of methoxy groups -OCH3 is 2. The van der Waals surface area contributed by atoms with Crippen molar-refractivity contribution in [3.05, 3.63) is 66.7 Å². The van der Waals surface area contributed by atoms with Crippen LogP contribution in [0.2, 0.25) is 0 Å². The monoisotopic (exact) mass is 520 g/mol. The van der Waals surface area contributed by atoms with Gasteiger partial charge in [0.05, 0.1) is 74.8 Å². The maximum atomic E-state index is 11.4. The van der Waals surface area contributed by atoms with Gasteiger partial charge >= 0.3 is 0 Å². The van der Waals surface area contributed by atoms with Crippen LogP contribution < -0.4 is 9.47 Å². The molecule has 0 aliphatic rings. The molecular weight excluding hydrogens is 492 g/mol. The standard InChI is InChI=1S/C24H28N2O11/c1-33-21-11-17(23(25(29)30)19(13-21)15-27)3-5-35-7-9-37-10-8-36-6-4-18-12-22(34-2)14-20(16-28)24(18)26(31)32/h11-16H,3-10H2,1-2H3. The summed E-state index contributed by atoms with van der Waals surface area (Å²) < 4.78 is 26.5. The van der Waals surface area contributed by atoms with E-state index in [4.69, 9.17) is 23.7 Å². The number of nitro groups is 2. The Labute approximate surface area is 212 Å². The number of ether oxygens (including phenoxy) is 5. The minimum absolute atomic E-state index is 0.0622. The van der Waals surface area contributed by atoms with Crippen LogP contribution in [-0.4, -0.2) is 76.3 Å². The van der Waals surface area contributed by atoms with Crippen molar-refractivity contribution in [2.24, 2.45) is 0 Å². The summed E-state index contributed by atoms with van der Waals surface area (Å²) in [4.78, 5) is 43.9. The normalized spacial score (nSPS) is 10.6. The zero-order valence-electron chi connectivity index (χ0n) is 20.5. The van der Waals surface area contributed by atoms with Crippen LogP contribution >= 0.6 is 0 Å². The highest BCUT2D eigenvalue weighted by atomic mass is 16.6. The molecule has 0 fully saturated rings. The number of rotatable bonds is 18. The van der Waals surface area contributed by atoms with E-state index in [1.165, 1.54) is 38.5 Å². The first-order valence-electron chi connectivity index (χ1n) is 11.2. The van der Waals surface area contributed by atoms with E-state index in [2.05, 4.69) is 0 Å². The van der Waals surface area contributed by atoms with Gasteiger partial charge < -0.3 is 23.7 Å². The van der Waals surface area contributed by atoms with Crippen molar-refractivity contribution in [2.45, 2.75) is 12.8 Å². The Kier molecular flexibility index (Phi) is 12.1. The molecule has 200 valence electrons. The van der Waals surface area contributed by atoms with Gasteiger partial charge in [-0.25, -0.2) is 0 Å². The minimum Gasteiger partial charge on any atom is -0.497 e. The zero-order valence-corrected chi connectivity index (χ0v) is 20.5. The van der Waals surface area contributed by atoms with E-state index in [9.17, 15) is 29.8 Å². The van der Waals surface area contributed by atoms with Crippen molar-refractivity contribution >= 4 is 23.9 Å². The second-order valence-corrected chi connectivity index (χ2v) is 7.54. The average molecular weight is 520 g/mol. The Morgan fingerprint density at radius 1 is 0.649 bits per heavy atom. The van der Waals surface area contributed by atoms with Crippen molar-refractivity contribution < 1.29 is 43.1 Å². The molecule has 13 nitrogen and oxygen atoms in total. The SMILES string of the molecule is COc1cc(C=O)c([N+](=O)[O-])c(CCOCCOCCOCCc2cc(OC)cc(C=O)c2[N+](=O)[O-])c1. The highest BCUT2D eigenvalue weighted by Crippen LogP contribution is 2.29. The van der Waals surface area contributed by atoms with Gasteiger partial charge in [0, 0.05) is 24.0 Å². The number of hydrogen-bond acceptors (Lipinski definition) is 11. The van der Waals surface area contributed by atoms with E-state index in [0.717, 1.165) is 0 Å². The van der Waals surface area contributed by atoms with E-state index in [0.29, 0.717) is 35.2 Å². The lowest BCUT2D eigenvalue weighted by Gasteiger charge is -2.10. The topological polar surface area (TPSA) is 167 Å². The molecule has 0 saturated carbocycles. The summed E-state index contributed by atoms with van der Waals surface area (Å²) in [6.07, 6.45) is 1.25. The summed E-state index contributed by atoms with van der Waals surface area (Å²) in [5, 5.41) is 22.7. The van der Waals surface area contributed by atoms with Gasteiger partial charge in [0.1, 0.15) is 11.5 Å². The molecule has 0 saturated heterocycles. The Balaban J connectivity index is 1.69. The van der Waals surface area contributed by atoms with Gasteiger partial charge in [-0.1, -0.05) is 0 Å². The van der Waals surface area contributed by atoms with Gasteiger partial charge in [0.2, 0.25) is 0 Å². The van der Waals surface area contributed by atoms with E-state index in [1.807, 2.05) is 0 Å². The molecule has 0 N–H and O–H groups in total. The summed E-state index contributed by atoms with van der Waals surface area (Å²) in [6, 6.07) is 5.63. The smallest absolute Gasteiger partial charge is 0.283 e. The molecule has 0 heterocycles. The number of carbonyl (C=O) groups excluding carboxylic acids is 2. The molecule has 37 heavy (non-hydrogen) atoms. The number of carbonyl (C=O) groups is 2. The molecule has 0 unspecified atom stereocenters. The third kappa shape index (κ3) is 8.59. The van der Waals surface area contributed by atoms with Crippen LogP contribution in [0.3, 0.4) is 0 Å². The molecule has 0 atom stereocenters. The lowest BCUT2D eigenvalue weighted by Crippen LogP contribution is -2.12. The molecular formula is C24H28N2O11. The van der Waals surface area contributed by atoms with Crippen LogP contribution in [0.5, 0.6) is 11.5 Å². The quantitative estimate of drug-likeness (QED) is 0.123. The fourth-order valence-electron chi connectivity index (χ4n) is 3.53. The largest absolute Gasteiger partial charge is 0.497 e. The van der Waals surface area contributed by atoms with E-state index in [-0.39, 0.29) is 75.0 Å². The second-order valence-electron chi connectivity index (χ2n) is 7.54. The molecule has 0 aromatic heterocycles. The first-order chi connectivity index (χ1) is 17.9. The predicted octanol–water partition coefficient (Wildman–Crippen LogP) is 2.98. The third-order valence-corrected chi connectivity index (χ3v) is 5.25. The van der Waals surface area contributed by atoms with Crippen LogP contribution in [0.15, 0.2) is 24.3 Å². The summed E-state index contributed by atoms with van der Waals surface area (Å²) in [5.74, 6) is 0.687. The molecule has 0 aliphatic heterocycles. The summed E-state index contributed by atoms with van der Waals surface area (Å²) in [5.41, 5.74) is -0.000679. The highest BCUT2D eigenvalue weighted by Gasteiger charge is 2.22. The maximum Gasteiger partial charge on any atom is 0.283 e. The first kappa shape index (κ1) is 29.3. The fraction of sp³-hybridized carbons (Fsp3) is 0.417. The molecule has 2 aromatic carbocycles. The lowest BCUT2D eigenvalue weighted by atomic mass is 10.0. The Bertz CT molecular complexity index is 1020. The number of benzene rings is 2. The number of nitro benzene ring substituents is 2. The van der Waals surface area contributed by atoms with Crippen LogP contribution in [0, 0.1) is 20.2 Å². The third-order valence-electron chi connectivity index (χ3n) is 5.25. The summed E-state index contributed by atoms with van der Waals surface area (Å²) in [7, 11) is 2.81. The van der Waals surface area contributed by atoms with Crippen molar-refractivity contribution in [2.75, 3.05) is 53.9 Å². The van der Waals surface area contributed by atoms with Gasteiger partial charge in [-0.05, 0) is 24.3 Å². The second kappa shape index (κ2) is 15.2. The van der Waals surface area contributed by atoms with Crippen LogP contribution in [-0.2, 0) is 27.1 Å². The van der Waals surface area contributed by atoms with Gasteiger partial charge in [-0.3, -0.25) is 29.8 Å². The van der Waals surface area contributed by atoms with E-state index in [1.54, 1.807) is 0 Å². The van der Waals surface area contributed by atoms with Crippen molar-refractivity contribution in [1.29, 1.82) is 0 Å². The van der Waals surface area contributed by atoms with Crippen LogP contribution in [0.4, 0.5) is 11.4 Å². The number of aldehydes is 2. The molecule has 2 aromatic rings. The van der Waals surface area contributed by atoms with Gasteiger partial charge in [0.25, 0.3) is 11.4 Å². The molecule has 13 heteroatoms. The zero-order chi connectivity index (χ0) is 27.2. The number of hydrogen-bond donors (Lipinski definition) is 0. The molecule has 0 aliphatic carbocycles. The molecule has 0 amide bonds. The molecule has 0 spiro atoms. The molecule has 0 radical (unpaired) electrons. The highest BCUT2D eigenvalue weighted by molar-refractivity contribution is 5.84. The van der Waals surface area contributed by atoms with E-state index >= 15 is 0 Å². The minimum atomic E-state index is -0.602. The van der Waals surface area contributed by atoms with Gasteiger partial charge in [-0.15, -0.1) is 0 Å². The predicted molar refractivity (Wildman–Crippen MR) is 130 cm³/mol. The van der Waals surface area contributed by atoms with Crippen LogP contribution in [0.25, 0.3) is 0 Å². The summed E-state index contributed by atoms with van der Waals surface area (Å²) >= 11 is 0. The van der Waals surface area contributed by atoms with Crippen molar-refractivity contribution in [3.8, 4) is 11.5 Å². The molecule has 0 bridgehead atoms. The van der Waals surface area contributed by atoms with Crippen molar-refractivity contribution in [1.82, 2.24) is 0 Å². The van der Waals surface area contributed by atoms with Crippen molar-refractivity contribution in [3.63, 3.8) is 0 Å². The molecule has 2 rings (SSSR count). The average Bonchev–Trinajstić information content (AvgIpc) is 2.89. The Hall–Kier alpha value is -3.94. The van der Waals surface area contributed by atoms with Crippen LogP contribution in [0.1, 0.15) is 31.8 Å². The fourth-order valence-corrected chi connectivity index (χ4v) is 3.53. The number of nitrogens with zero attached hydrogens (tertiary/aromatic N) is 2. The van der Waals surface area contributed by atoms with Gasteiger partial charge in [0.15, 0.2) is 12.6 Å². The summed E-state index contributed by atoms with van der Waals surface area (Å²) in [6.45, 7) is 1.34. The Morgan fingerprint density at radius 2 is 1.00 bits per heavy atom. The first-order valence-corrected chi connectivity index (χ1v) is 11.2. The Morgan fingerprint density at radius 3 is 1.30 bits per heavy atom. The maximum absolute atomic E-state index is 11.4.